The molecule has 0 aromatic heterocycles. The Morgan fingerprint density at radius 2 is 2.21 bits per heavy atom. The molecular weight excluding hydrogens is 246 g/mol. The first-order valence-electron chi connectivity index (χ1n) is 6.48. The molecule has 1 aliphatic rings. The molecule has 106 valence electrons. The third-order valence-corrected chi connectivity index (χ3v) is 3.58. The average Bonchev–Trinajstić information content (AvgIpc) is 2.39. The summed E-state index contributed by atoms with van der Waals surface area (Å²) in [6.45, 7) is 1.77. The summed E-state index contributed by atoms with van der Waals surface area (Å²) in [6.07, 6.45) is 1.49. The summed E-state index contributed by atoms with van der Waals surface area (Å²) in [4.78, 5) is 2.08. The maximum absolute atomic E-state index is 10.1. The van der Waals surface area contributed by atoms with Crippen molar-refractivity contribution in [3.05, 3.63) is 23.8 Å². The number of methoxy groups -OCH3 is 1. The Bertz CT molecular complexity index is 437. The van der Waals surface area contributed by atoms with Crippen molar-refractivity contribution in [3.63, 3.8) is 0 Å². The molecule has 0 aliphatic carbocycles. The SMILES string of the molecule is COc1ccc(CN2CCC[C@@](O)(CO)C2)cc1O. The van der Waals surface area contributed by atoms with Crippen LogP contribution < -0.4 is 4.74 Å². The molecule has 1 aromatic rings. The van der Waals surface area contributed by atoms with Crippen LogP contribution in [0.15, 0.2) is 18.2 Å². The molecule has 1 fully saturated rings. The monoisotopic (exact) mass is 267 g/mol. The Morgan fingerprint density at radius 3 is 2.84 bits per heavy atom. The van der Waals surface area contributed by atoms with Gasteiger partial charge in [0.25, 0.3) is 0 Å². The zero-order valence-corrected chi connectivity index (χ0v) is 11.2. The molecule has 5 nitrogen and oxygen atoms in total. The molecule has 0 spiro atoms. The second-order valence-electron chi connectivity index (χ2n) is 5.20. The number of aromatic hydroxyl groups is 1. The van der Waals surface area contributed by atoms with Crippen LogP contribution in [0.3, 0.4) is 0 Å². The normalized spacial score (nSPS) is 24.4. The number of hydrogen-bond acceptors (Lipinski definition) is 5. The molecule has 0 unspecified atom stereocenters. The number of aliphatic hydroxyl groups is 2. The van der Waals surface area contributed by atoms with Crippen LogP contribution in [0.1, 0.15) is 18.4 Å². The molecule has 19 heavy (non-hydrogen) atoms. The van der Waals surface area contributed by atoms with Gasteiger partial charge >= 0.3 is 0 Å². The molecule has 1 aliphatic heterocycles. The van der Waals surface area contributed by atoms with Gasteiger partial charge in [-0.1, -0.05) is 6.07 Å². The molecular formula is C14H21NO4. The second kappa shape index (κ2) is 5.77. The number of likely N-dealkylation sites (tertiary alicyclic amines) is 1. The van der Waals surface area contributed by atoms with Crippen molar-refractivity contribution in [1.82, 2.24) is 4.90 Å². The summed E-state index contributed by atoms with van der Waals surface area (Å²) in [5, 5.41) is 29.1. The van der Waals surface area contributed by atoms with E-state index in [-0.39, 0.29) is 12.4 Å². The highest BCUT2D eigenvalue weighted by atomic mass is 16.5. The molecule has 1 atom stereocenters. The van der Waals surface area contributed by atoms with Crippen molar-refractivity contribution >= 4 is 0 Å². The Kier molecular flexibility index (Phi) is 4.29. The Labute approximate surface area is 113 Å². The lowest BCUT2D eigenvalue weighted by Crippen LogP contribution is -2.49. The topological polar surface area (TPSA) is 73.2 Å². The summed E-state index contributed by atoms with van der Waals surface area (Å²) in [6, 6.07) is 5.30. The molecule has 1 heterocycles. The van der Waals surface area contributed by atoms with Crippen LogP contribution in [0.4, 0.5) is 0 Å². The summed E-state index contributed by atoms with van der Waals surface area (Å²) < 4.78 is 5.00. The summed E-state index contributed by atoms with van der Waals surface area (Å²) in [5.74, 6) is 0.573. The highest BCUT2D eigenvalue weighted by Crippen LogP contribution is 2.28. The van der Waals surface area contributed by atoms with Gasteiger partial charge in [-0.15, -0.1) is 0 Å². The maximum atomic E-state index is 10.1. The van der Waals surface area contributed by atoms with E-state index in [4.69, 9.17) is 4.74 Å². The fourth-order valence-corrected chi connectivity index (χ4v) is 2.56. The van der Waals surface area contributed by atoms with Crippen LogP contribution in [0.2, 0.25) is 0 Å². The van der Waals surface area contributed by atoms with Crippen molar-refractivity contribution in [3.8, 4) is 11.5 Å². The van der Waals surface area contributed by atoms with E-state index >= 15 is 0 Å². The largest absolute Gasteiger partial charge is 0.504 e. The van der Waals surface area contributed by atoms with Crippen molar-refractivity contribution in [1.29, 1.82) is 0 Å². The molecule has 1 saturated heterocycles. The lowest BCUT2D eigenvalue weighted by atomic mass is 9.93. The van der Waals surface area contributed by atoms with Gasteiger partial charge in [0.15, 0.2) is 11.5 Å². The molecule has 0 amide bonds. The van der Waals surface area contributed by atoms with Crippen molar-refractivity contribution in [2.24, 2.45) is 0 Å². The van der Waals surface area contributed by atoms with Crippen LogP contribution in [0.25, 0.3) is 0 Å². The predicted octanol–water partition coefficient (Wildman–Crippen LogP) is 0.720. The summed E-state index contributed by atoms with van der Waals surface area (Å²) in [5.41, 5.74) is -0.0345. The van der Waals surface area contributed by atoms with Gasteiger partial charge in [-0.25, -0.2) is 0 Å². The Hall–Kier alpha value is -1.30. The number of nitrogens with zero attached hydrogens (tertiary/aromatic N) is 1. The van der Waals surface area contributed by atoms with Gasteiger partial charge in [-0.3, -0.25) is 4.90 Å². The van der Waals surface area contributed by atoms with E-state index in [2.05, 4.69) is 4.90 Å². The van der Waals surface area contributed by atoms with Gasteiger partial charge in [-0.2, -0.15) is 0 Å². The standard InChI is InChI=1S/C14H21NO4/c1-19-13-4-3-11(7-12(13)17)8-15-6-2-5-14(18,9-15)10-16/h3-4,7,16-18H,2,5-6,8-10H2,1H3/t14-/m0/s1. The number of rotatable bonds is 4. The van der Waals surface area contributed by atoms with E-state index in [1.54, 1.807) is 12.1 Å². The number of benzene rings is 1. The Balaban J connectivity index is 2.03. The third-order valence-electron chi connectivity index (χ3n) is 3.58. The maximum Gasteiger partial charge on any atom is 0.160 e. The van der Waals surface area contributed by atoms with Gasteiger partial charge in [-0.05, 0) is 37.1 Å². The van der Waals surface area contributed by atoms with E-state index in [1.165, 1.54) is 7.11 Å². The minimum Gasteiger partial charge on any atom is -0.504 e. The van der Waals surface area contributed by atoms with Crippen molar-refractivity contribution < 1.29 is 20.1 Å². The highest BCUT2D eigenvalue weighted by Gasteiger charge is 2.32. The smallest absolute Gasteiger partial charge is 0.160 e. The molecule has 5 heteroatoms. The fourth-order valence-electron chi connectivity index (χ4n) is 2.56. The third kappa shape index (κ3) is 3.37. The van der Waals surface area contributed by atoms with E-state index in [9.17, 15) is 15.3 Å². The molecule has 0 saturated carbocycles. The first-order valence-corrected chi connectivity index (χ1v) is 6.48. The van der Waals surface area contributed by atoms with Crippen LogP contribution in [-0.2, 0) is 6.54 Å². The lowest BCUT2D eigenvalue weighted by Gasteiger charge is -2.38. The number of phenolic OH excluding ortho intramolecular Hbond substituents is 1. The quantitative estimate of drug-likeness (QED) is 0.749. The first-order chi connectivity index (χ1) is 9.06. The van der Waals surface area contributed by atoms with E-state index in [0.717, 1.165) is 18.5 Å². The van der Waals surface area contributed by atoms with E-state index in [1.807, 2.05) is 6.07 Å². The van der Waals surface area contributed by atoms with Crippen molar-refractivity contribution in [2.45, 2.75) is 25.0 Å². The van der Waals surface area contributed by atoms with Gasteiger partial charge in [0.1, 0.15) is 5.60 Å². The number of β-amino-alcohol motifs (C(OH)–C–C–N with tert-alkyl or cyclic N) is 1. The number of phenols is 1. The van der Waals surface area contributed by atoms with Gasteiger partial charge in [0.2, 0.25) is 0 Å². The average molecular weight is 267 g/mol. The summed E-state index contributed by atoms with van der Waals surface area (Å²) >= 11 is 0. The highest BCUT2D eigenvalue weighted by molar-refractivity contribution is 5.41. The van der Waals surface area contributed by atoms with Crippen LogP contribution in [0, 0.1) is 0 Å². The molecule has 0 radical (unpaired) electrons. The van der Waals surface area contributed by atoms with Crippen LogP contribution in [-0.4, -0.2) is 52.6 Å². The Morgan fingerprint density at radius 1 is 1.42 bits per heavy atom. The van der Waals surface area contributed by atoms with E-state index < -0.39 is 5.60 Å². The molecule has 2 rings (SSSR count). The predicted molar refractivity (Wildman–Crippen MR) is 71.2 cm³/mol. The molecule has 1 aromatic carbocycles. The number of aliphatic hydroxyl groups excluding tert-OH is 1. The van der Waals surface area contributed by atoms with E-state index in [0.29, 0.717) is 25.3 Å². The minimum atomic E-state index is -0.993. The van der Waals surface area contributed by atoms with Crippen LogP contribution in [0.5, 0.6) is 11.5 Å². The summed E-state index contributed by atoms with van der Waals surface area (Å²) in [7, 11) is 1.51. The zero-order valence-electron chi connectivity index (χ0n) is 11.2. The second-order valence-corrected chi connectivity index (χ2v) is 5.20. The zero-order chi connectivity index (χ0) is 13.9. The number of ether oxygens (including phenoxy) is 1. The molecule has 3 N–H and O–H groups in total. The first kappa shape index (κ1) is 14.1. The number of piperidine rings is 1. The minimum absolute atomic E-state index is 0.120. The van der Waals surface area contributed by atoms with Crippen LogP contribution >= 0.6 is 0 Å². The molecule has 0 bridgehead atoms. The van der Waals surface area contributed by atoms with Gasteiger partial charge < -0.3 is 20.1 Å². The lowest BCUT2D eigenvalue weighted by molar-refractivity contribution is -0.0687. The van der Waals surface area contributed by atoms with Crippen molar-refractivity contribution in [2.75, 3.05) is 26.8 Å². The van der Waals surface area contributed by atoms with Gasteiger partial charge in [0.05, 0.1) is 13.7 Å². The number of hydrogen-bond donors (Lipinski definition) is 3. The van der Waals surface area contributed by atoms with Gasteiger partial charge in [0, 0.05) is 13.1 Å². The fraction of sp³-hybridized carbons (Fsp3) is 0.571.